The molecule has 18 heavy (non-hydrogen) atoms. The monoisotopic (exact) mass is 264 g/mol. The summed E-state index contributed by atoms with van der Waals surface area (Å²) >= 11 is 0. The number of alkyl halides is 3. The lowest BCUT2D eigenvalue weighted by molar-refractivity contribution is -0.302. The van der Waals surface area contributed by atoms with Crippen LogP contribution in [0.1, 0.15) is 39.0 Å². The average Bonchev–Trinajstić information content (AvgIpc) is 3.02. The van der Waals surface area contributed by atoms with E-state index < -0.39 is 30.1 Å². The number of nitrogens with zero attached hydrogens (tertiary/aromatic N) is 2. The van der Waals surface area contributed by atoms with Crippen LogP contribution in [-0.4, -0.2) is 33.6 Å². The van der Waals surface area contributed by atoms with Gasteiger partial charge < -0.3 is 5.11 Å². The molecule has 0 bridgehead atoms. The van der Waals surface area contributed by atoms with Gasteiger partial charge in [-0.2, -0.15) is 23.3 Å². The summed E-state index contributed by atoms with van der Waals surface area (Å²) in [5.41, 5.74) is -2.93. The highest BCUT2D eigenvalue weighted by molar-refractivity contribution is 5.91. The molecule has 1 atom stereocenters. The fraction of sp³-hybridized carbons (Fsp3) is 0.818. The first-order chi connectivity index (χ1) is 8.29. The van der Waals surface area contributed by atoms with Crippen LogP contribution >= 0.6 is 0 Å². The third-order valence-corrected chi connectivity index (χ3v) is 3.17. The van der Waals surface area contributed by atoms with Crippen molar-refractivity contribution in [1.82, 2.24) is 5.01 Å². The zero-order chi connectivity index (χ0) is 13.6. The Labute approximate surface area is 102 Å². The van der Waals surface area contributed by atoms with E-state index in [-0.39, 0.29) is 10.7 Å². The molecule has 0 radical (unpaired) electrons. The van der Waals surface area contributed by atoms with E-state index in [9.17, 15) is 23.1 Å². The minimum Gasteiger partial charge on any atom is -0.362 e. The van der Waals surface area contributed by atoms with E-state index in [1.807, 2.05) is 0 Å². The predicted molar refractivity (Wildman–Crippen MR) is 57.5 cm³/mol. The van der Waals surface area contributed by atoms with Gasteiger partial charge >= 0.3 is 6.18 Å². The van der Waals surface area contributed by atoms with E-state index in [4.69, 9.17) is 0 Å². The maximum absolute atomic E-state index is 12.9. The van der Waals surface area contributed by atoms with E-state index in [1.165, 1.54) is 0 Å². The Morgan fingerprint density at radius 2 is 2.17 bits per heavy atom. The van der Waals surface area contributed by atoms with Crippen molar-refractivity contribution in [2.45, 2.75) is 50.9 Å². The van der Waals surface area contributed by atoms with E-state index in [0.29, 0.717) is 25.7 Å². The quantitative estimate of drug-likeness (QED) is 0.848. The third-order valence-electron chi connectivity index (χ3n) is 3.17. The lowest BCUT2D eigenvalue weighted by Gasteiger charge is -2.32. The Morgan fingerprint density at radius 3 is 2.61 bits per heavy atom. The van der Waals surface area contributed by atoms with E-state index in [0.717, 1.165) is 0 Å². The van der Waals surface area contributed by atoms with E-state index >= 15 is 0 Å². The van der Waals surface area contributed by atoms with Crippen LogP contribution in [0.3, 0.4) is 0 Å². The van der Waals surface area contributed by atoms with Crippen molar-refractivity contribution in [3.8, 4) is 0 Å². The van der Waals surface area contributed by atoms with Crippen LogP contribution in [-0.2, 0) is 4.79 Å². The molecule has 0 aromatic carbocycles. The SMILES string of the molecule is CCCC1=NN(C(=O)C2CC2)[C@@](O)(C(F)(F)F)C1. The first kappa shape index (κ1) is 13.3. The molecule has 0 aromatic rings. The molecule has 2 aliphatic rings. The average molecular weight is 264 g/mol. The van der Waals surface area contributed by atoms with Crippen molar-refractivity contribution < 1.29 is 23.1 Å². The molecule has 1 N–H and O–H groups in total. The number of carbonyl (C=O) groups excluding carboxylic acids is 1. The number of aliphatic hydroxyl groups is 1. The van der Waals surface area contributed by atoms with Gasteiger partial charge in [0.25, 0.3) is 5.72 Å². The summed E-state index contributed by atoms with van der Waals surface area (Å²) in [6.07, 6.45) is -3.41. The van der Waals surface area contributed by atoms with Gasteiger partial charge in [0.1, 0.15) is 0 Å². The highest BCUT2D eigenvalue weighted by Crippen LogP contribution is 2.43. The summed E-state index contributed by atoms with van der Waals surface area (Å²) in [6.45, 7) is 1.81. The molecule has 0 saturated heterocycles. The van der Waals surface area contributed by atoms with Gasteiger partial charge in [0.05, 0.1) is 0 Å². The summed E-state index contributed by atoms with van der Waals surface area (Å²) < 4.78 is 38.8. The topological polar surface area (TPSA) is 52.9 Å². The van der Waals surface area contributed by atoms with Crippen LogP contribution in [0.15, 0.2) is 5.10 Å². The first-order valence-corrected chi connectivity index (χ1v) is 5.99. The zero-order valence-corrected chi connectivity index (χ0v) is 10.00. The third kappa shape index (κ3) is 2.11. The molecule has 1 aliphatic heterocycles. The molecule has 1 amide bonds. The Bertz CT molecular complexity index is 390. The van der Waals surface area contributed by atoms with Crippen LogP contribution in [0.5, 0.6) is 0 Å². The molecule has 2 rings (SSSR count). The number of hydrogen-bond acceptors (Lipinski definition) is 3. The molecule has 0 spiro atoms. The van der Waals surface area contributed by atoms with Crippen LogP contribution in [0, 0.1) is 5.92 Å². The fourth-order valence-electron chi connectivity index (χ4n) is 2.00. The van der Waals surface area contributed by atoms with Crippen LogP contribution in [0.25, 0.3) is 0 Å². The molecular weight excluding hydrogens is 249 g/mol. The second-order valence-corrected chi connectivity index (χ2v) is 4.83. The van der Waals surface area contributed by atoms with Crippen molar-refractivity contribution in [2.75, 3.05) is 0 Å². The molecule has 7 heteroatoms. The molecule has 1 heterocycles. The number of amides is 1. The lowest BCUT2D eigenvalue weighted by Crippen LogP contribution is -2.57. The predicted octanol–water partition coefficient (Wildman–Crippen LogP) is 2.04. The summed E-state index contributed by atoms with van der Waals surface area (Å²) in [6, 6.07) is 0. The minimum absolute atomic E-state index is 0.228. The maximum Gasteiger partial charge on any atom is 0.438 e. The highest BCUT2D eigenvalue weighted by atomic mass is 19.4. The van der Waals surface area contributed by atoms with Gasteiger partial charge in [-0.25, -0.2) is 0 Å². The van der Waals surface area contributed by atoms with Gasteiger partial charge in [0.2, 0.25) is 5.91 Å². The molecule has 4 nitrogen and oxygen atoms in total. The van der Waals surface area contributed by atoms with Crippen LogP contribution in [0.2, 0.25) is 0 Å². The largest absolute Gasteiger partial charge is 0.438 e. The second-order valence-electron chi connectivity index (χ2n) is 4.83. The van der Waals surface area contributed by atoms with Crippen LogP contribution < -0.4 is 0 Å². The van der Waals surface area contributed by atoms with E-state index in [1.54, 1.807) is 6.92 Å². The first-order valence-electron chi connectivity index (χ1n) is 5.99. The van der Waals surface area contributed by atoms with Gasteiger partial charge in [-0.15, -0.1) is 0 Å². The lowest BCUT2D eigenvalue weighted by atomic mass is 10.0. The minimum atomic E-state index is -4.89. The van der Waals surface area contributed by atoms with Crippen molar-refractivity contribution in [3.05, 3.63) is 0 Å². The molecular formula is C11H15F3N2O2. The summed E-state index contributed by atoms with van der Waals surface area (Å²) in [5, 5.41) is 13.7. The summed E-state index contributed by atoms with van der Waals surface area (Å²) in [7, 11) is 0. The standard InChI is InChI=1S/C11H15F3N2O2/c1-2-3-8-6-10(18,11(12,13)14)16(15-8)9(17)7-4-5-7/h7,18H,2-6H2,1H3/t10-/m0/s1. The normalized spacial score (nSPS) is 28.5. The molecule has 1 saturated carbocycles. The van der Waals surface area contributed by atoms with Crippen molar-refractivity contribution in [3.63, 3.8) is 0 Å². The van der Waals surface area contributed by atoms with Crippen molar-refractivity contribution in [2.24, 2.45) is 11.0 Å². The molecule has 0 aromatic heterocycles. The Kier molecular flexibility index (Phi) is 3.12. The highest BCUT2D eigenvalue weighted by Gasteiger charge is 2.63. The number of hydrogen-bond donors (Lipinski definition) is 1. The Morgan fingerprint density at radius 1 is 1.56 bits per heavy atom. The zero-order valence-electron chi connectivity index (χ0n) is 10.00. The number of halogens is 3. The van der Waals surface area contributed by atoms with E-state index in [2.05, 4.69) is 5.10 Å². The number of hydrazone groups is 1. The molecule has 1 aliphatic carbocycles. The fourth-order valence-corrected chi connectivity index (χ4v) is 2.00. The number of carbonyl (C=O) groups is 1. The molecule has 1 fully saturated rings. The van der Waals surface area contributed by atoms with Gasteiger partial charge in [-0.3, -0.25) is 4.79 Å². The molecule has 0 unspecified atom stereocenters. The molecule has 102 valence electrons. The smallest absolute Gasteiger partial charge is 0.362 e. The summed E-state index contributed by atoms with van der Waals surface area (Å²) in [4.78, 5) is 11.8. The van der Waals surface area contributed by atoms with Gasteiger partial charge in [-0.05, 0) is 19.3 Å². The number of rotatable bonds is 3. The second kappa shape index (κ2) is 4.22. The van der Waals surface area contributed by atoms with Gasteiger partial charge in [-0.1, -0.05) is 13.3 Å². The van der Waals surface area contributed by atoms with Crippen molar-refractivity contribution >= 4 is 11.6 Å². The van der Waals surface area contributed by atoms with Crippen molar-refractivity contribution in [1.29, 1.82) is 0 Å². The van der Waals surface area contributed by atoms with Gasteiger partial charge in [0.15, 0.2) is 0 Å². The Hall–Kier alpha value is -1.11. The Balaban J connectivity index is 2.26. The summed E-state index contributed by atoms with van der Waals surface area (Å²) in [5.74, 6) is -1.13. The van der Waals surface area contributed by atoms with Gasteiger partial charge in [0, 0.05) is 18.1 Å². The maximum atomic E-state index is 12.9. The van der Waals surface area contributed by atoms with Crippen LogP contribution in [0.4, 0.5) is 13.2 Å².